The standard InChI is InChI=1S/C17H26N6O2/c1-13-21-22-16(23(13)2)12-20-17(19-11-15-6-4-10-25-15)18-8-7-14-5-3-9-24-14/h3,5,9,15H,4,6-8,10-12H2,1-2H3,(H2,18,19,20). The van der Waals surface area contributed by atoms with Crippen molar-refractivity contribution in [3.63, 3.8) is 0 Å². The van der Waals surface area contributed by atoms with Crippen molar-refractivity contribution in [1.29, 1.82) is 0 Å². The first-order valence-electron chi connectivity index (χ1n) is 8.73. The molecule has 1 unspecified atom stereocenters. The number of guanidine groups is 1. The predicted octanol–water partition coefficient (Wildman–Crippen LogP) is 1.17. The second-order valence-electron chi connectivity index (χ2n) is 6.16. The Balaban J connectivity index is 1.55. The first kappa shape index (κ1) is 17.5. The van der Waals surface area contributed by atoms with Crippen LogP contribution in [0.15, 0.2) is 27.8 Å². The molecule has 3 heterocycles. The molecule has 0 spiro atoms. The molecule has 0 aromatic carbocycles. The lowest BCUT2D eigenvalue weighted by Gasteiger charge is -2.15. The second-order valence-corrected chi connectivity index (χ2v) is 6.16. The molecule has 3 rings (SSSR count). The molecule has 8 heteroatoms. The fourth-order valence-electron chi connectivity index (χ4n) is 2.69. The maximum atomic E-state index is 5.67. The summed E-state index contributed by atoms with van der Waals surface area (Å²) in [7, 11) is 1.95. The molecule has 2 aromatic heterocycles. The number of aromatic nitrogens is 3. The number of aliphatic imine (C=N–C) groups is 1. The molecule has 1 atom stereocenters. The number of furan rings is 1. The quantitative estimate of drug-likeness (QED) is 0.578. The minimum Gasteiger partial charge on any atom is -0.469 e. The molecular formula is C17H26N6O2. The van der Waals surface area contributed by atoms with Gasteiger partial charge in [-0.3, -0.25) is 0 Å². The maximum absolute atomic E-state index is 5.67. The van der Waals surface area contributed by atoms with Crippen LogP contribution in [0.4, 0.5) is 0 Å². The third kappa shape index (κ3) is 5.06. The largest absolute Gasteiger partial charge is 0.469 e. The summed E-state index contributed by atoms with van der Waals surface area (Å²) in [6.07, 6.45) is 4.97. The van der Waals surface area contributed by atoms with Crippen LogP contribution in [0.5, 0.6) is 0 Å². The Hall–Kier alpha value is -2.35. The van der Waals surface area contributed by atoms with Crippen LogP contribution in [0.2, 0.25) is 0 Å². The van der Waals surface area contributed by atoms with E-state index in [4.69, 9.17) is 9.15 Å². The molecule has 2 N–H and O–H groups in total. The average molecular weight is 346 g/mol. The highest BCUT2D eigenvalue weighted by atomic mass is 16.5. The van der Waals surface area contributed by atoms with E-state index in [-0.39, 0.29) is 6.10 Å². The third-order valence-electron chi connectivity index (χ3n) is 4.33. The summed E-state index contributed by atoms with van der Waals surface area (Å²) in [5.74, 6) is 3.42. The Bertz CT molecular complexity index is 673. The summed E-state index contributed by atoms with van der Waals surface area (Å²) >= 11 is 0. The van der Waals surface area contributed by atoms with Gasteiger partial charge in [-0.15, -0.1) is 10.2 Å². The lowest BCUT2D eigenvalue weighted by molar-refractivity contribution is 0.114. The zero-order valence-electron chi connectivity index (χ0n) is 14.9. The van der Waals surface area contributed by atoms with E-state index in [0.29, 0.717) is 6.54 Å². The molecule has 1 aliphatic rings. The summed E-state index contributed by atoms with van der Waals surface area (Å²) in [5, 5.41) is 14.9. The smallest absolute Gasteiger partial charge is 0.191 e. The molecule has 1 aliphatic heterocycles. The zero-order valence-corrected chi connectivity index (χ0v) is 14.9. The normalized spacial score (nSPS) is 17.8. The van der Waals surface area contributed by atoms with Crippen molar-refractivity contribution >= 4 is 5.96 Å². The molecule has 1 saturated heterocycles. The van der Waals surface area contributed by atoms with Gasteiger partial charge in [0.25, 0.3) is 0 Å². The van der Waals surface area contributed by atoms with Crippen LogP contribution in [-0.2, 0) is 24.8 Å². The van der Waals surface area contributed by atoms with Crippen molar-refractivity contribution in [2.45, 2.75) is 38.8 Å². The Kier molecular flexibility index (Phi) is 6.05. The fourth-order valence-corrected chi connectivity index (χ4v) is 2.69. The van der Waals surface area contributed by atoms with E-state index in [1.807, 2.05) is 30.7 Å². The fraction of sp³-hybridized carbons (Fsp3) is 0.588. The van der Waals surface area contributed by atoms with Crippen molar-refractivity contribution in [2.24, 2.45) is 12.0 Å². The topological polar surface area (TPSA) is 89.5 Å². The van der Waals surface area contributed by atoms with Gasteiger partial charge >= 0.3 is 0 Å². The SMILES string of the molecule is Cc1nnc(CN=C(NCCc2ccco2)NCC2CCCO2)n1C. The van der Waals surface area contributed by atoms with Crippen molar-refractivity contribution in [3.05, 3.63) is 35.8 Å². The van der Waals surface area contributed by atoms with Crippen molar-refractivity contribution in [1.82, 2.24) is 25.4 Å². The number of nitrogens with one attached hydrogen (secondary N) is 2. The molecule has 0 bridgehead atoms. The highest BCUT2D eigenvalue weighted by Gasteiger charge is 2.15. The van der Waals surface area contributed by atoms with E-state index in [9.17, 15) is 0 Å². The van der Waals surface area contributed by atoms with E-state index in [2.05, 4.69) is 25.8 Å². The van der Waals surface area contributed by atoms with Gasteiger partial charge in [0.1, 0.15) is 18.1 Å². The van der Waals surface area contributed by atoms with Gasteiger partial charge in [0.2, 0.25) is 0 Å². The Labute approximate surface area is 147 Å². The number of rotatable bonds is 7. The van der Waals surface area contributed by atoms with Gasteiger partial charge in [-0.1, -0.05) is 0 Å². The first-order valence-corrected chi connectivity index (χ1v) is 8.73. The third-order valence-corrected chi connectivity index (χ3v) is 4.33. The van der Waals surface area contributed by atoms with Gasteiger partial charge < -0.3 is 24.4 Å². The Morgan fingerprint density at radius 1 is 1.40 bits per heavy atom. The van der Waals surface area contributed by atoms with E-state index in [1.165, 1.54) is 0 Å². The average Bonchev–Trinajstić information content (AvgIpc) is 3.36. The Morgan fingerprint density at radius 3 is 3.00 bits per heavy atom. The van der Waals surface area contributed by atoms with Crippen LogP contribution in [-0.4, -0.2) is 46.5 Å². The Morgan fingerprint density at radius 2 is 2.32 bits per heavy atom. The minimum absolute atomic E-state index is 0.258. The molecule has 8 nitrogen and oxygen atoms in total. The summed E-state index contributed by atoms with van der Waals surface area (Å²) < 4.78 is 13.0. The van der Waals surface area contributed by atoms with Gasteiger partial charge in [0.05, 0.1) is 12.4 Å². The van der Waals surface area contributed by atoms with E-state index >= 15 is 0 Å². The summed E-state index contributed by atoms with van der Waals surface area (Å²) in [5.41, 5.74) is 0. The van der Waals surface area contributed by atoms with Crippen molar-refractivity contribution < 1.29 is 9.15 Å². The lowest BCUT2D eigenvalue weighted by Crippen LogP contribution is -2.42. The van der Waals surface area contributed by atoms with E-state index in [1.54, 1.807) is 6.26 Å². The van der Waals surface area contributed by atoms with Crippen LogP contribution >= 0.6 is 0 Å². The van der Waals surface area contributed by atoms with Crippen LogP contribution in [0, 0.1) is 6.92 Å². The molecular weight excluding hydrogens is 320 g/mol. The highest BCUT2D eigenvalue weighted by molar-refractivity contribution is 5.79. The highest BCUT2D eigenvalue weighted by Crippen LogP contribution is 2.10. The molecule has 25 heavy (non-hydrogen) atoms. The van der Waals surface area contributed by atoms with E-state index < -0.39 is 0 Å². The van der Waals surface area contributed by atoms with Crippen LogP contribution in [0.25, 0.3) is 0 Å². The van der Waals surface area contributed by atoms with Crippen LogP contribution in [0.3, 0.4) is 0 Å². The van der Waals surface area contributed by atoms with Crippen molar-refractivity contribution in [3.8, 4) is 0 Å². The molecule has 1 fully saturated rings. The van der Waals surface area contributed by atoms with Gasteiger partial charge in [-0.05, 0) is 31.9 Å². The maximum Gasteiger partial charge on any atom is 0.191 e. The first-order chi connectivity index (χ1) is 12.2. The molecule has 0 radical (unpaired) electrons. The number of aryl methyl sites for hydroxylation is 1. The summed E-state index contributed by atoms with van der Waals surface area (Å²) in [4.78, 5) is 4.63. The van der Waals surface area contributed by atoms with Crippen LogP contribution < -0.4 is 10.6 Å². The van der Waals surface area contributed by atoms with Gasteiger partial charge in [-0.2, -0.15) is 0 Å². The second kappa shape index (κ2) is 8.66. The number of hydrogen-bond acceptors (Lipinski definition) is 5. The summed E-state index contributed by atoms with van der Waals surface area (Å²) in [6.45, 7) is 4.74. The molecule has 0 amide bonds. The molecule has 2 aromatic rings. The molecule has 0 aliphatic carbocycles. The zero-order chi connectivity index (χ0) is 17.5. The van der Waals surface area contributed by atoms with Crippen molar-refractivity contribution in [2.75, 3.05) is 19.7 Å². The number of nitrogens with zero attached hydrogens (tertiary/aromatic N) is 4. The van der Waals surface area contributed by atoms with Crippen LogP contribution in [0.1, 0.15) is 30.3 Å². The van der Waals surface area contributed by atoms with Gasteiger partial charge in [-0.25, -0.2) is 4.99 Å². The van der Waals surface area contributed by atoms with E-state index in [0.717, 1.165) is 62.3 Å². The molecule has 136 valence electrons. The summed E-state index contributed by atoms with van der Waals surface area (Å²) in [6, 6.07) is 3.87. The minimum atomic E-state index is 0.258. The molecule has 0 saturated carbocycles. The number of ether oxygens (including phenoxy) is 1. The monoisotopic (exact) mass is 346 g/mol. The number of hydrogen-bond donors (Lipinski definition) is 2. The lowest BCUT2D eigenvalue weighted by atomic mass is 10.2. The predicted molar refractivity (Wildman–Crippen MR) is 94.3 cm³/mol. The van der Waals surface area contributed by atoms with Gasteiger partial charge in [0.15, 0.2) is 11.8 Å². The van der Waals surface area contributed by atoms with Gasteiger partial charge in [0, 0.05) is 33.2 Å².